The van der Waals surface area contributed by atoms with Gasteiger partial charge in [0, 0.05) is 38.1 Å². The number of hydrogen-bond donors (Lipinski definition) is 2. The van der Waals surface area contributed by atoms with Crippen molar-refractivity contribution in [3.8, 4) is 0 Å². The average Bonchev–Trinajstić information content (AvgIpc) is 2.64. The Bertz CT molecular complexity index is 639. The fourth-order valence-corrected chi connectivity index (χ4v) is 3.08. The zero-order valence-electron chi connectivity index (χ0n) is 13.8. The van der Waals surface area contributed by atoms with Crippen LogP contribution in [-0.2, 0) is 11.3 Å². The van der Waals surface area contributed by atoms with E-state index >= 15 is 0 Å². The van der Waals surface area contributed by atoms with Gasteiger partial charge >= 0.3 is 0 Å². The van der Waals surface area contributed by atoms with E-state index in [2.05, 4.69) is 15.2 Å². The second-order valence-corrected chi connectivity index (χ2v) is 6.30. The number of aromatic nitrogens is 1. The van der Waals surface area contributed by atoms with Crippen molar-refractivity contribution in [1.29, 1.82) is 0 Å². The molecule has 1 aromatic carbocycles. The predicted molar refractivity (Wildman–Crippen MR) is 94.0 cm³/mol. The number of hydrogen-bond acceptors (Lipinski definition) is 4. The summed E-state index contributed by atoms with van der Waals surface area (Å²) in [7, 11) is 0. The molecule has 24 heavy (non-hydrogen) atoms. The van der Waals surface area contributed by atoms with Crippen LogP contribution in [0.3, 0.4) is 0 Å². The van der Waals surface area contributed by atoms with E-state index in [0.717, 1.165) is 38.0 Å². The number of rotatable bonds is 5. The van der Waals surface area contributed by atoms with Gasteiger partial charge in [-0.25, -0.2) is 0 Å². The summed E-state index contributed by atoms with van der Waals surface area (Å²) in [5, 5.41) is 3.10. The summed E-state index contributed by atoms with van der Waals surface area (Å²) >= 11 is 0. The lowest BCUT2D eigenvalue weighted by Crippen LogP contribution is -2.46. The third kappa shape index (κ3) is 4.40. The molecule has 0 saturated carbocycles. The molecule has 3 rings (SSSR count). The molecule has 126 valence electrons. The number of nitrogens with two attached hydrogens (primary N) is 1. The summed E-state index contributed by atoms with van der Waals surface area (Å²) in [6.07, 6.45) is 5.57. The second kappa shape index (κ2) is 8.04. The van der Waals surface area contributed by atoms with Gasteiger partial charge in [-0.05, 0) is 36.1 Å². The van der Waals surface area contributed by atoms with Crippen LogP contribution in [0.15, 0.2) is 54.9 Å². The highest BCUT2D eigenvalue weighted by molar-refractivity contribution is 5.83. The first-order chi connectivity index (χ1) is 11.7. The highest BCUT2D eigenvalue weighted by atomic mass is 16.2. The van der Waals surface area contributed by atoms with Crippen molar-refractivity contribution >= 4 is 5.91 Å². The number of pyridine rings is 1. The third-order valence-corrected chi connectivity index (χ3v) is 4.53. The van der Waals surface area contributed by atoms with Gasteiger partial charge in [-0.1, -0.05) is 30.3 Å². The standard InChI is InChI=1S/C19H24N4O/c20-18(16-4-2-1-3-5-16)19(24)22-17-8-12-23(13-9-17)14-15-6-10-21-11-7-15/h1-7,10-11,17-18H,8-9,12-14,20H2,(H,22,24). The van der Waals surface area contributed by atoms with Crippen LogP contribution in [0.2, 0.25) is 0 Å². The minimum absolute atomic E-state index is 0.0891. The number of nitrogens with one attached hydrogen (secondary N) is 1. The van der Waals surface area contributed by atoms with Gasteiger partial charge in [0.15, 0.2) is 0 Å². The number of piperidine rings is 1. The van der Waals surface area contributed by atoms with Gasteiger partial charge in [-0.3, -0.25) is 14.7 Å². The van der Waals surface area contributed by atoms with E-state index in [4.69, 9.17) is 5.73 Å². The molecule has 1 amide bonds. The molecule has 2 aromatic rings. The number of amides is 1. The molecule has 1 unspecified atom stereocenters. The minimum Gasteiger partial charge on any atom is -0.352 e. The minimum atomic E-state index is -0.596. The Morgan fingerprint density at radius 2 is 1.83 bits per heavy atom. The first-order valence-electron chi connectivity index (χ1n) is 8.44. The molecule has 1 atom stereocenters. The summed E-state index contributed by atoms with van der Waals surface area (Å²) in [4.78, 5) is 18.8. The molecular weight excluding hydrogens is 300 g/mol. The predicted octanol–water partition coefficient (Wildman–Crippen LogP) is 1.86. The van der Waals surface area contributed by atoms with E-state index in [-0.39, 0.29) is 11.9 Å². The first kappa shape index (κ1) is 16.6. The molecule has 0 radical (unpaired) electrons. The van der Waals surface area contributed by atoms with Crippen molar-refractivity contribution in [3.63, 3.8) is 0 Å². The molecule has 3 N–H and O–H groups in total. The maximum Gasteiger partial charge on any atom is 0.241 e. The Labute approximate surface area is 142 Å². The Kier molecular flexibility index (Phi) is 5.56. The number of likely N-dealkylation sites (tertiary alicyclic amines) is 1. The van der Waals surface area contributed by atoms with Crippen molar-refractivity contribution < 1.29 is 4.79 Å². The molecule has 0 aliphatic carbocycles. The Balaban J connectivity index is 1.46. The largest absolute Gasteiger partial charge is 0.352 e. The quantitative estimate of drug-likeness (QED) is 0.881. The highest BCUT2D eigenvalue weighted by Gasteiger charge is 2.23. The van der Waals surface area contributed by atoms with Crippen molar-refractivity contribution in [2.24, 2.45) is 5.73 Å². The molecular formula is C19H24N4O. The van der Waals surface area contributed by atoms with E-state index in [1.165, 1.54) is 5.56 Å². The SMILES string of the molecule is NC(C(=O)NC1CCN(Cc2ccncc2)CC1)c1ccccc1. The number of nitrogens with zero attached hydrogens (tertiary/aromatic N) is 2. The lowest BCUT2D eigenvalue weighted by atomic mass is 10.0. The fraction of sp³-hybridized carbons (Fsp3) is 0.368. The molecule has 1 aromatic heterocycles. The molecule has 5 nitrogen and oxygen atoms in total. The van der Waals surface area contributed by atoms with Crippen LogP contribution in [0.1, 0.15) is 30.0 Å². The Morgan fingerprint density at radius 1 is 1.17 bits per heavy atom. The van der Waals surface area contributed by atoms with Crippen LogP contribution in [0.25, 0.3) is 0 Å². The van der Waals surface area contributed by atoms with Crippen molar-refractivity contribution in [2.45, 2.75) is 31.5 Å². The van der Waals surface area contributed by atoms with E-state index in [0.29, 0.717) is 0 Å². The Hall–Kier alpha value is -2.24. The lowest BCUT2D eigenvalue weighted by molar-refractivity contribution is -0.123. The monoisotopic (exact) mass is 324 g/mol. The molecule has 1 fully saturated rings. The molecule has 1 aliphatic rings. The van der Waals surface area contributed by atoms with Crippen LogP contribution in [0.5, 0.6) is 0 Å². The first-order valence-corrected chi connectivity index (χ1v) is 8.44. The van der Waals surface area contributed by atoms with E-state index < -0.39 is 6.04 Å². The summed E-state index contributed by atoms with van der Waals surface area (Å²) in [6.45, 7) is 2.90. The number of benzene rings is 1. The van der Waals surface area contributed by atoms with E-state index in [1.807, 2.05) is 54.9 Å². The zero-order valence-corrected chi connectivity index (χ0v) is 13.8. The topological polar surface area (TPSA) is 71.2 Å². The third-order valence-electron chi connectivity index (χ3n) is 4.53. The maximum atomic E-state index is 12.3. The smallest absolute Gasteiger partial charge is 0.241 e. The van der Waals surface area contributed by atoms with Gasteiger partial charge in [0.1, 0.15) is 6.04 Å². The maximum absolute atomic E-state index is 12.3. The molecule has 1 aliphatic heterocycles. The summed E-state index contributed by atoms with van der Waals surface area (Å²) in [6, 6.07) is 13.2. The number of carbonyl (C=O) groups excluding carboxylic acids is 1. The summed E-state index contributed by atoms with van der Waals surface area (Å²) in [5.74, 6) is -0.0891. The Morgan fingerprint density at radius 3 is 2.50 bits per heavy atom. The molecule has 5 heteroatoms. The van der Waals surface area contributed by atoms with Crippen molar-refractivity contribution in [2.75, 3.05) is 13.1 Å². The molecule has 1 saturated heterocycles. The van der Waals surface area contributed by atoms with Crippen LogP contribution in [-0.4, -0.2) is 34.9 Å². The van der Waals surface area contributed by atoms with Crippen molar-refractivity contribution in [3.05, 3.63) is 66.0 Å². The van der Waals surface area contributed by atoms with Crippen molar-refractivity contribution in [1.82, 2.24) is 15.2 Å². The van der Waals surface area contributed by atoms with Gasteiger partial charge in [0.25, 0.3) is 0 Å². The normalized spacial score (nSPS) is 17.4. The summed E-state index contributed by atoms with van der Waals surface area (Å²) < 4.78 is 0. The average molecular weight is 324 g/mol. The van der Waals surface area contributed by atoms with Crippen LogP contribution >= 0.6 is 0 Å². The van der Waals surface area contributed by atoms with Gasteiger partial charge in [-0.2, -0.15) is 0 Å². The lowest BCUT2D eigenvalue weighted by Gasteiger charge is -2.32. The highest BCUT2D eigenvalue weighted by Crippen LogP contribution is 2.15. The van der Waals surface area contributed by atoms with E-state index in [1.54, 1.807) is 0 Å². The molecule has 2 heterocycles. The molecule has 0 bridgehead atoms. The van der Waals surface area contributed by atoms with E-state index in [9.17, 15) is 4.79 Å². The van der Waals surface area contributed by atoms with Gasteiger partial charge in [0.2, 0.25) is 5.91 Å². The second-order valence-electron chi connectivity index (χ2n) is 6.30. The summed E-state index contributed by atoms with van der Waals surface area (Å²) in [5.41, 5.74) is 8.19. The zero-order chi connectivity index (χ0) is 16.8. The fourth-order valence-electron chi connectivity index (χ4n) is 3.08. The van der Waals surface area contributed by atoms with Gasteiger partial charge < -0.3 is 11.1 Å². The number of carbonyl (C=O) groups is 1. The van der Waals surface area contributed by atoms with Gasteiger partial charge in [0.05, 0.1) is 0 Å². The molecule has 0 spiro atoms. The van der Waals surface area contributed by atoms with Gasteiger partial charge in [-0.15, -0.1) is 0 Å². The van der Waals surface area contributed by atoms with Crippen LogP contribution in [0, 0.1) is 0 Å². The van der Waals surface area contributed by atoms with Crippen LogP contribution < -0.4 is 11.1 Å². The van der Waals surface area contributed by atoms with Crippen LogP contribution in [0.4, 0.5) is 0 Å².